The van der Waals surface area contributed by atoms with Gasteiger partial charge in [-0.1, -0.05) is 172 Å². The third kappa shape index (κ3) is 72.8. The molecule has 100 heavy (non-hydrogen) atoms. The molecule has 0 aromatic rings. The van der Waals surface area contributed by atoms with Crippen LogP contribution in [0.15, 0.2) is 72.9 Å². The van der Waals surface area contributed by atoms with E-state index in [1.54, 1.807) is 0 Å². The third-order valence-electron chi connectivity index (χ3n) is 17.4. The second-order valence-corrected chi connectivity index (χ2v) is 26.8. The van der Waals surface area contributed by atoms with E-state index in [2.05, 4.69) is 124 Å². The first-order valence-corrected chi connectivity index (χ1v) is 41.4. The maximum atomic E-state index is 12.9. The molecule has 0 unspecified atom stereocenters. The minimum Gasteiger partial charge on any atom is -0.466 e. The second kappa shape index (κ2) is 81.2. The zero-order chi connectivity index (χ0) is 72.6. The predicted octanol–water partition coefficient (Wildman–Crippen LogP) is 21.3. The number of nitrogens with zero attached hydrogens (tertiary/aromatic N) is 2. The normalized spacial score (nSPS) is 12.4. The number of aliphatic hydroxyl groups excluding tert-OH is 1. The Kier molecular flexibility index (Phi) is 78.3. The summed E-state index contributed by atoms with van der Waals surface area (Å²) in [5.41, 5.74) is 0. The predicted molar refractivity (Wildman–Crippen MR) is 417 cm³/mol. The Morgan fingerprint density at radius 3 is 0.700 bits per heavy atom. The summed E-state index contributed by atoms with van der Waals surface area (Å²) in [5, 5.41) is 10.1. The molecule has 1 N–H and O–H groups in total. The minimum atomic E-state index is -0.389. The van der Waals surface area contributed by atoms with Crippen LogP contribution in [0, 0.1) is 0 Å². The summed E-state index contributed by atoms with van der Waals surface area (Å²) in [5.74, 6) is -0.548. The van der Waals surface area contributed by atoms with Gasteiger partial charge >= 0.3 is 17.9 Å². The van der Waals surface area contributed by atoms with E-state index >= 15 is 0 Å². The van der Waals surface area contributed by atoms with E-state index in [1.807, 2.05) is 0 Å². The lowest BCUT2D eigenvalue weighted by Gasteiger charge is -2.27. The van der Waals surface area contributed by atoms with Crippen LogP contribution in [0.5, 0.6) is 0 Å². The molecule has 0 radical (unpaired) electrons. The third-order valence-corrected chi connectivity index (χ3v) is 17.4. The van der Waals surface area contributed by atoms with E-state index < -0.39 is 0 Å². The molecule has 15 nitrogen and oxygen atoms in total. The Labute approximate surface area is 614 Å². The summed E-state index contributed by atoms with van der Waals surface area (Å²) in [6, 6.07) is 0. The van der Waals surface area contributed by atoms with Crippen molar-refractivity contribution in [2.45, 2.75) is 349 Å². The Morgan fingerprint density at radius 2 is 0.470 bits per heavy atom. The van der Waals surface area contributed by atoms with Gasteiger partial charge in [-0.15, -0.1) is 0 Å². The van der Waals surface area contributed by atoms with Crippen molar-refractivity contribution in [3.63, 3.8) is 0 Å². The molecule has 0 saturated heterocycles. The molecule has 584 valence electrons. The smallest absolute Gasteiger partial charge is 0.305 e. The van der Waals surface area contributed by atoms with Gasteiger partial charge in [0.15, 0.2) is 18.9 Å². The fourth-order valence-electron chi connectivity index (χ4n) is 11.3. The van der Waals surface area contributed by atoms with Crippen LogP contribution in [0.3, 0.4) is 0 Å². The number of rotatable bonds is 80. The second-order valence-electron chi connectivity index (χ2n) is 26.8. The molecule has 0 aromatic carbocycles. The standard InChI is InChI=1S/C85H156N2O13/c1-7-13-19-25-37-52-74-95-83(96-75-53-38-26-20-14-8-2)61-58-80(89)92-71-49-43-31-34-46-64-86(65-47-35-32-44-50-72-93-81(90)59-62-84(97-76-54-39-27-21-15-9-3)98-77-55-40-28-22-16-10-4)67-68-87(69-70-88)66-48-36-33-45-51-73-94-82(91)60-63-85(99-78-56-41-29-23-17-11-5)100-79-57-42-30-24-18-12-6/h13-24,83-85,88H,7-12,25-79H2,1-6H3/b19-13-,20-14-,21-15-,22-16-,23-17-,24-18-. The molecule has 0 amide bonds. The number of allylic oxidation sites excluding steroid dienone is 12. The fraction of sp³-hybridized carbons (Fsp3) is 0.824. The van der Waals surface area contributed by atoms with Crippen LogP contribution in [-0.2, 0) is 57.0 Å². The topological polar surface area (TPSA) is 161 Å². The van der Waals surface area contributed by atoms with Gasteiger partial charge in [-0.05, 0) is 212 Å². The zero-order valence-electron chi connectivity index (χ0n) is 65.5. The maximum absolute atomic E-state index is 12.9. The Hall–Kier alpha value is -3.51. The van der Waals surface area contributed by atoms with Crippen molar-refractivity contribution in [3.05, 3.63) is 72.9 Å². The number of carbonyl (C=O) groups excluding carboxylic acids is 3. The van der Waals surface area contributed by atoms with Crippen LogP contribution in [0.2, 0.25) is 0 Å². The summed E-state index contributed by atoms with van der Waals surface area (Å²) in [6.45, 7) is 23.7. The minimum absolute atomic E-state index is 0.139. The van der Waals surface area contributed by atoms with Gasteiger partial charge in [-0.3, -0.25) is 19.3 Å². The Bertz CT molecular complexity index is 1750. The van der Waals surface area contributed by atoms with Gasteiger partial charge in [0.25, 0.3) is 0 Å². The molecule has 0 heterocycles. The van der Waals surface area contributed by atoms with Crippen LogP contribution < -0.4 is 0 Å². The number of unbranched alkanes of at least 4 members (excludes halogenated alkanes) is 24. The van der Waals surface area contributed by atoms with Crippen LogP contribution in [-0.4, -0.2) is 157 Å². The van der Waals surface area contributed by atoms with E-state index in [1.165, 1.54) is 0 Å². The first-order chi connectivity index (χ1) is 49.3. The van der Waals surface area contributed by atoms with E-state index in [0.717, 1.165) is 283 Å². The summed E-state index contributed by atoms with van der Waals surface area (Å²) < 4.78 is 53.8. The molecule has 0 aliphatic rings. The van der Waals surface area contributed by atoms with Crippen LogP contribution in [0.4, 0.5) is 0 Å². The molecule has 0 atom stereocenters. The van der Waals surface area contributed by atoms with Crippen LogP contribution in [0.25, 0.3) is 0 Å². The highest BCUT2D eigenvalue weighted by Crippen LogP contribution is 2.17. The number of esters is 3. The van der Waals surface area contributed by atoms with E-state index in [4.69, 9.17) is 42.6 Å². The van der Waals surface area contributed by atoms with Gasteiger partial charge in [-0.25, -0.2) is 0 Å². The van der Waals surface area contributed by atoms with Crippen LogP contribution in [0.1, 0.15) is 330 Å². The fourth-order valence-corrected chi connectivity index (χ4v) is 11.3. The summed E-state index contributed by atoms with van der Waals surface area (Å²) in [4.78, 5) is 43.5. The lowest BCUT2D eigenvalue weighted by molar-refractivity contribution is -0.159. The van der Waals surface area contributed by atoms with Crippen molar-refractivity contribution < 1.29 is 62.1 Å². The number of hydrogen-bond donors (Lipinski definition) is 1. The number of hydrogen-bond acceptors (Lipinski definition) is 15. The molecule has 0 aliphatic heterocycles. The summed E-state index contributed by atoms with van der Waals surface area (Å²) >= 11 is 0. The van der Waals surface area contributed by atoms with Crippen LogP contribution >= 0.6 is 0 Å². The molecule has 0 rings (SSSR count). The van der Waals surface area contributed by atoms with E-state index in [9.17, 15) is 19.5 Å². The molecule has 0 spiro atoms. The van der Waals surface area contributed by atoms with Crippen molar-refractivity contribution in [3.8, 4) is 0 Å². The largest absolute Gasteiger partial charge is 0.466 e. The first-order valence-electron chi connectivity index (χ1n) is 41.4. The van der Waals surface area contributed by atoms with Crippen molar-refractivity contribution in [2.24, 2.45) is 0 Å². The molecule has 0 aromatic heterocycles. The maximum Gasteiger partial charge on any atom is 0.305 e. The summed E-state index contributed by atoms with van der Waals surface area (Å²) in [7, 11) is 0. The SMILES string of the molecule is CC/C=C\CCCCOC(CCC(=O)OCCCCCCCN(CCO)CCN(CCCCCCCOC(=O)CCC(OCCCC/C=C\CC)OCCCC/C=C\CC)CCCCCCCOC(=O)CCC(OCCCC/C=C\CC)OCCCC/C=C\CC)OCCCC/C=C\CC. The number of ether oxygens (including phenoxy) is 9. The molecule has 0 aliphatic carbocycles. The van der Waals surface area contributed by atoms with Gasteiger partial charge in [0.2, 0.25) is 0 Å². The van der Waals surface area contributed by atoms with Crippen molar-refractivity contribution in [1.29, 1.82) is 0 Å². The lowest BCUT2D eigenvalue weighted by atomic mass is 10.1. The van der Waals surface area contributed by atoms with E-state index in [0.29, 0.717) is 105 Å². The van der Waals surface area contributed by atoms with Crippen molar-refractivity contribution >= 4 is 17.9 Å². The average molecular weight is 1410 g/mol. The van der Waals surface area contributed by atoms with E-state index in [-0.39, 0.29) is 43.4 Å². The van der Waals surface area contributed by atoms with Gasteiger partial charge in [0.05, 0.1) is 45.7 Å². The van der Waals surface area contributed by atoms with Crippen molar-refractivity contribution in [1.82, 2.24) is 9.80 Å². The molecule has 0 saturated carbocycles. The Morgan fingerprint density at radius 1 is 0.260 bits per heavy atom. The quantitative estimate of drug-likeness (QED) is 0.0201. The monoisotopic (exact) mass is 1410 g/mol. The molecular weight excluding hydrogens is 1260 g/mol. The highest BCUT2D eigenvalue weighted by atomic mass is 16.7. The van der Waals surface area contributed by atoms with Gasteiger partial charge in [-0.2, -0.15) is 0 Å². The molecule has 15 heteroatoms. The van der Waals surface area contributed by atoms with Crippen molar-refractivity contribution in [2.75, 3.05) is 105 Å². The molecule has 0 fully saturated rings. The highest BCUT2D eigenvalue weighted by molar-refractivity contribution is 5.70. The molecular formula is C85H156N2O13. The van der Waals surface area contributed by atoms with Gasteiger partial charge < -0.3 is 52.6 Å². The van der Waals surface area contributed by atoms with Gasteiger partial charge in [0.1, 0.15) is 0 Å². The number of aliphatic hydroxyl groups is 1. The lowest BCUT2D eigenvalue weighted by Crippen LogP contribution is -2.38. The zero-order valence-corrected chi connectivity index (χ0v) is 65.5. The van der Waals surface area contributed by atoms with Gasteiger partial charge in [0, 0.05) is 78.5 Å². The average Bonchev–Trinajstić information content (AvgIpc) is 3.64. The first kappa shape index (κ1) is 96.5. The Balaban J connectivity index is 5.23. The highest BCUT2D eigenvalue weighted by Gasteiger charge is 2.17. The molecule has 0 bridgehead atoms. The summed E-state index contributed by atoms with van der Waals surface area (Å²) in [6.07, 6.45) is 68.4. The number of carbonyl (C=O) groups is 3.